The lowest BCUT2D eigenvalue weighted by Crippen LogP contribution is -2.25. The molecular formula is C12H17NO4. The Bertz CT molecular complexity index is 392. The largest absolute Gasteiger partial charge is 0.493 e. The summed E-state index contributed by atoms with van der Waals surface area (Å²) in [5.74, 6) is 0.594. The van der Waals surface area contributed by atoms with Gasteiger partial charge in [-0.05, 0) is 24.6 Å². The fourth-order valence-corrected chi connectivity index (χ4v) is 1.34. The monoisotopic (exact) mass is 239 g/mol. The lowest BCUT2D eigenvalue weighted by molar-refractivity contribution is -0.147. The molecule has 1 rings (SSSR count). The Morgan fingerprint density at radius 2 is 2.06 bits per heavy atom. The normalized spacial score (nSPS) is 11.8. The van der Waals surface area contributed by atoms with Gasteiger partial charge in [0.25, 0.3) is 0 Å². The van der Waals surface area contributed by atoms with Gasteiger partial charge in [-0.2, -0.15) is 0 Å². The Balaban J connectivity index is 2.91. The molecule has 5 nitrogen and oxygen atoms in total. The number of nitrogens with two attached hydrogens (primary N) is 1. The van der Waals surface area contributed by atoms with Gasteiger partial charge in [-0.15, -0.1) is 0 Å². The minimum absolute atomic E-state index is 0.396. The van der Waals surface area contributed by atoms with Gasteiger partial charge in [0.05, 0.1) is 14.2 Å². The molecule has 1 unspecified atom stereocenters. The fourth-order valence-electron chi connectivity index (χ4n) is 1.34. The van der Waals surface area contributed by atoms with E-state index in [-0.39, 0.29) is 0 Å². The second kappa shape index (κ2) is 6.10. The quantitative estimate of drug-likeness (QED) is 0.779. The van der Waals surface area contributed by atoms with Gasteiger partial charge in [0, 0.05) is 6.54 Å². The van der Waals surface area contributed by atoms with Crippen LogP contribution in [0.1, 0.15) is 12.5 Å². The van der Waals surface area contributed by atoms with E-state index >= 15 is 0 Å². The number of hydrogen-bond donors (Lipinski definition) is 1. The van der Waals surface area contributed by atoms with Crippen LogP contribution in [-0.2, 0) is 16.1 Å². The van der Waals surface area contributed by atoms with E-state index in [9.17, 15) is 4.79 Å². The Hall–Kier alpha value is -1.75. The third kappa shape index (κ3) is 3.35. The molecule has 0 spiro atoms. The van der Waals surface area contributed by atoms with Gasteiger partial charge in [0.2, 0.25) is 0 Å². The molecule has 0 fully saturated rings. The Kier molecular flexibility index (Phi) is 4.78. The average molecular weight is 239 g/mol. The van der Waals surface area contributed by atoms with Crippen molar-refractivity contribution in [3.63, 3.8) is 0 Å². The first kappa shape index (κ1) is 13.3. The summed E-state index contributed by atoms with van der Waals surface area (Å²) in [6, 6.07) is 5.34. The maximum absolute atomic E-state index is 11.3. The molecule has 0 amide bonds. The zero-order chi connectivity index (χ0) is 12.8. The van der Waals surface area contributed by atoms with E-state index in [0.29, 0.717) is 18.0 Å². The van der Waals surface area contributed by atoms with Crippen molar-refractivity contribution in [2.45, 2.75) is 19.6 Å². The Labute approximate surface area is 100 Å². The number of rotatable bonds is 5. The summed E-state index contributed by atoms with van der Waals surface area (Å²) < 4.78 is 15.2. The molecule has 0 radical (unpaired) electrons. The number of ether oxygens (including phenoxy) is 3. The third-order valence-electron chi connectivity index (χ3n) is 2.30. The molecule has 0 bridgehead atoms. The van der Waals surface area contributed by atoms with Gasteiger partial charge in [-0.1, -0.05) is 6.07 Å². The van der Waals surface area contributed by atoms with Crippen LogP contribution in [0.25, 0.3) is 0 Å². The molecule has 5 heteroatoms. The predicted molar refractivity (Wildman–Crippen MR) is 63.0 cm³/mol. The van der Waals surface area contributed by atoms with Gasteiger partial charge in [0.1, 0.15) is 0 Å². The van der Waals surface area contributed by atoms with Crippen LogP contribution in [0.15, 0.2) is 18.2 Å². The molecule has 1 aromatic rings. The van der Waals surface area contributed by atoms with Crippen LogP contribution in [-0.4, -0.2) is 26.3 Å². The van der Waals surface area contributed by atoms with Gasteiger partial charge in [-0.3, -0.25) is 0 Å². The molecule has 0 aromatic heterocycles. The highest BCUT2D eigenvalue weighted by Crippen LogP contribution is 2.28. The molecular weight excluding hydrogens is 222 g/mol. The lowest BCUT2D eigenvalue weighted by atomic mass is 10.2. The van der Waals surface area contributed by atoms with Crippen molar-refractivity contribution in [3.05, 3.63) is 23.8 Å². The van der Waals surface area contributed by atoms with Crippen LogP contribution in [0.4, 0.5) is 0 Å². The third-order valence-corrected chi connectivity index (χ3v) is 2.30. The van der Waals surface area contributed by atoms with Crippen molar-refractivity contribution >= 4 is 5.97 Å². The van der Waals surface area contributed by atoms with Crippen molar-refractivity contribution in [2.75, 3.05) is 14.2 Å². The highest BCUT2D eigenvalue weighted by molar-refractivity contribution is 5.74. The summed E-state index contributed by atoms with van der Waals surface area (Å²) in [5.41, 5.74) is 6.44. The molecule has 0 saturated carbocycles. The van der Waals surface area contributed by atoms with Gasteiger partial charge in [-0.25, -0.2) is 4.79 Å². The van der Waals surface area contributed by atoms with E-state index in [1.54, 1.807) is 19.1 Å². The number of esters is 1. The summed E-state index contributed by atoms with van der Waals surface area (Å²) in [6.07, 6.45) is -0.693. The zero-order valence-electron chi connectivity index (χ0n) is 10.2. The molecule has 1 aromatic carbocycles. The second-order valence-corrected chi connectivity index (χ2v) is 3.47. The van der Waals surface area contributed by atoms with Crippen LogP contribution in [0.3, 0.4) is 0 Å². The standard InChI is InChI=1S/C12H17NO4/c1-8(12(14)16-3)17-11-6-9(7-13)4-5-10(11)15-2/h4-6,8H,7,13H2,1-3H3. The number of carbonyl (C=O) groups is 1. The first-order chi connectivity index (χ1) is 8.12. The minimum Gasteiger partial charge on any atom is -0.493 e. The van der Waals surface area contributed by atoms with Crippen LogP contribution in [0.2, 0.25) is 0 Å². The van der Waals surface area contributed by atoms with Crippen LogP contribution >= 0.6 is 0 Å². The topological polar surface area (TPSA) is 70.8 Å². The molecule has 17 heavy (non-hydrogen) atoms. The molecule has 0 aliphatic carbocycles. The maximum atomic E-state index is 11.3. The number of carbonyl (C=O) groups excluding carboxylic acids is 1. The molecule has 0 heterocycles. The van der Waals surface area contributed by atoms with Gasteiger partial charge >= 0.3 is 5.97 Å². The Morgan fingerprint density at radius 1 is 1.35 bits per heavy atom. The lowest BCUT2D eigenvalue weighted by Gasteiger charge is -2.15. The minimum atomic E-state index is -0.693. The summed E-state index contributed by atoms with van der Waals surface area (Å²) in [7, 11) is 2.85. The summed E-state index contributed by atoms with van der Waals surface area (Å²) in [6.45, 7) is 2.01. The number of hydrogen-bond acceptors (Lipinski definition) is 5. The highest BCUT2D eigenvalue weighted by atomic mass is 16.6. The summed E-state index contributed by atoms with van der Waals surface area (Å²) in [5, 5.41) is 0. The van der Waals surface area contributed by atoms with Gasteiger partial charge in [0.15, 0.2) is 17.6 Å². The van der Waals surface area contributed by atoms with Crippen molar-refractivity contribution < 1.29 is 19.0 Å². The zero-order valence-corrected chi connectivity index (χ0v) is 10.2. The maximum Gasteiger partial charge on any atom is 0.346 e. The molecule has 2 N–H and O–H groups in total. The van der Waals surface area contributed by atoms with Crippen molar-refractivity contribution in [3.8, 4) is 11.5 Å². The molecule has 94 valence electrons. The van der Waals surface area contributed by atoms with Gasteiger partial charge < -0.3 is 19.9 Å². The first-order valence-electron chi connectivity index (χ1n) is 5.23. The van der Waals surface area contributed by atoms with Crippen molar-refractivity contribution in [1.82, 2.24) is 0 Å². The van der Waals surface area contributed by atoms with E-state index < -0.39 is 12.1 Å². The molecule has 0 aliphatic rings. The second-order valence-electron chi connectivity index (χ2n) is 3.47. The van der Waals surface area contributed by atoms with Crippen LogP contribution < -0.4 is 15.2 Å². The number of methoxy groups -OCH3 is 2. The van der Waals surface area contributed by atoms with Crippen molar-refractivity contribution in [2.24, 2.45) is 5.73 Å². The van der Waals surface area contributed by atoms with E-state index in [1.165, 1.54) is 14.2 Å². The van der Waals surface area contributed by atoms with E-state index in [1.807, 2.05) is 6.07 Å². The average Bonchev–Trinajstić information content (AvgIpc) is 2.37. The molecule has 1 atom stereocenters. The van der Waals surface area contributed by atoms with Crippen LogP contribution in [0.5, 0.6) is 11.5 Å². The SMILES string of the molecule is COC(=O)C(C)Oc1cc(CN)ccc1OC. The summed E-state index contributed by atoms with van der Waals surface area (Å²) in [4.78, 5) is 11.3. The van der Waals surface area contributed by atoms with E-state index in [2.05, 4.69) is 4.74 Å². The summed E-state index contributed by atoms with van der Waals surface area (Å²) >= 11 is 0. The smallest absolute Gasteiger partial charge is 0.346 e. The van der Waals surface area contributed by atoms with Crippen LogP contribution in [0, 0.1) is 0 Å². The van der Waals surface area contributed by atoms with Crippen molar-refractivity contribution in [1.29, 1.82) is 0 Å². The highest BCUT2D eigenvalue weighted by Gasteiger charge is 2.17. The molecule has 0 aliphatic heterocycles. The first-order valence-corrected chi connectivity index (χ1v) is 5.23. The van der Waals surface area contributed by atoms with E-state index in [0.717, 1.165) is 5.56 Å². The fraction of sp³-hybridized carbons (Fsp3) is 0.417. The molecule has 0 saturated heterocycles. The number of benzene rings is 1. The predicted octanol–water partition coefficient (Wildman–Crippen LogP) is 1.09. The Morgan fingerprint density at radius 3 is 2.59 bits per heavy atom. The van der Waals surface area contributed by atoms with E-state index in [4.69, 9.17) is 15.2 Å².